The zero-order chi connectivity index (χ0) is 22.1. The predicted octanol–water partition coefficient (Wildman–Crippen LogP) is 3.48. The number of nitrogens with zero attached hydrogens (tertiary/aromatic N) is 2. The molecule has 4 rings (SSSR count). The Morgan fingerprint density at radius 3 is 2.34 bits per heavy atom. The van der Waals surface area contributed by atoms with Crippen LogP contribution in [0.4, 0.5) is 0 Å². The highest BCUT2D eigenvalue weighted by Gasteiger charge is 2.47. The number of halogens is 1. The molecule has 1 aromatic heterocycles. The molecule has 6 nitrogen and oxygen atoms in total. The molecule has 32 heavy (non-hydrogen) atoms. The molecule has 1 aromatic carbocycles. The number of likely N-dealkylation sites (tertiary alicyclic amines) is 2. The van der Waals surface area contributed by atoms with E-state index >= 15 is 0 Å². The highest BCUT2D eigenvalue weighted by atomic mass is 35.5. The topological polar surface area (TPSA) is 83.7 Å². The van der Waals surface area contributed by atoms with Crippen molar-refractivity contribution in [1.82, 2.24) is 9.80 Å². The van der Waals surface area contributed by atoms with E-state index in [1.807, 2.05) is 23.1 Å². The van der Waals surface area contributed by atoms with Crippen molar-refractivity contribution in [2.75, 3.05) is 32.4 Å². The molecule has 9 heteroatoms. The summed E-state index contributed by atoms with van der Waals surface area (Å²) < 4.78 is 23.3. The lowest BCUT2D eigenvalue weighted by Gasteiger charge is -2.38. The number of piperidine rings is 1. The van der Waals surface area contributed by atoms with Gasteiger partial charge in [0.25, 0.3) is 0 Å². The molecule has 1 unspecified atom stereocenters. The summed E-state index contributed by atoms with van der Waals surface area (Å²) in [4.78, 5) is 19.2. The molecule has 2 aliphatic heterocycles. The van der Waals surface area contributed by atoms with E-state index in [-0.39, 0.29) is 29.8 Å². The maximum absolute atomic E-state index is 13.2. The van der Waals surface area contributed by atoms with E-state index in [0.29, 0.717) is 11.4 Å². The summed E-state index contributed by atoms with van der Waals surface area (Å²) >= 11 is 1.71. The lowest BCUT2D eigenvalue weighted by Crippen LogP contribution is -2.45. The van der Waals surface area contributed by atoms with Crippen LogP contribution in [0.25, 0.3) is 0 Å². The molecule has 2 fully saturated rings. The average molecular weight is 498 g/mol. The molecular weight excluding hydrogens is 466 g/mol. The number of thiophene rings is 1. The number of rotatable bonds is 7. The summed E-state index contributed by atoms with van der Waals surface area (Å²) in [6.07, 6.45) is 4.87. The number of amides is 1. The van der Waals surface area contributed by atoms with Crippen molar-refractivity contribution in [3.05, 3.63) is 52.2 Å². The van der Waals surface area contributed by atoms with E-state index in [1.165, 1.54) is 11.1 Å². The molecule has 3 heterocycles. The first-order chi connectivity index (χ1) is 14.8. The van der Waals surface area contributed by atoms with Gasteiger partial charge >= 0.3 is 0 Å². The van der Waals surface area contributed by atoms with Gasteiger partial charge in [0, 0.05) is 30.3 Å². The van der Waals surface area contributed by atoms with Gasteiger partial charge in [-0.3, -0.25) is 4.79 Å². The molecule has 2 saturated heterocycles. The van der Waals surface area contributed by atoms with Crippen molar-refractivity contribution in [3.63, 3.8) is 0 Å². The summed E-state index contributed by atoms with van der Waals surface area (Å²) in [7, 11) is -3.20. The van der Waals surface area contributed by atoms with Crippen LogP contribution in [0.3, 0.4) is 0 Å². The number of hydrogen-bond acceptors (Lipinski definition) is 6. The fourth-order valence-electron chi connectivity index (χ4n) is 4.74. The Labute approximate surface area is 201 Å². The summed E-state index contributed by atoms with van der Waals surface area (Å²) in [5, 5.41) is 2.07. The minimum absolute atomic E-state index is 0. The highest BCUT2D eigenvalue weighted by molar-refractivity contribution is 7.90. The van der Waals surface area contributed by atoms with E-state index in [2.05, 4.69) is 16.3 Å². The minimum atomic E-state index is -3.20. The van der Waals surface area contributed by atoms with Crippen molar-refractivity contribution in [2.45, 2.75) is 43.2 Å². The van der Waals surface area contributed by atoms with Gasteiger partial charge in [-0.05, 0) is 74.5 Å². The van der Waals surface area contributed by atoms with Gasteiger partial charge in [-0.2, -0.15) is 0 Å². The Bertz CT molecular complexity index is 1000. The monoisotopic (exact) mass is 497 g/mol. The Kier molecular flexibility index (Phi) is 8.04. The quantitative estimate of drug-likeness (QED) is 0.633. The van der Waals surface area contributed by atoms with Crippen molar-refractivity contribution in [3.8, 4) is 0 Å². The molecule has 0 bridgehead atoms. The van der Waals surface area contributed by atoms with Crippen LogP contribution in [-0.2, 0) is 21.2 Å². The normalized spacial score (nSPS) is 19.8. The van der Waals surface area contributed by atoms with Crippen LogP contribution in [0.2, 0.25) is 0 Å². The lowest BCUT2D eigenvalue weighted by molar-refractivity contribution is -0.138. The van der Waals surface area contributed by atoms with Crippen LogP contribution in [0, 0.1) is 5.41 Å². The van der Waals surface area contributed by atoms with Crippen LogP contribution >= 0.6 is 23.7 Å². The first-order valence-electron chi connectivity index (χ1n) is 10.9. The molecule has 2 aliphatic rings. The number of carbonyl (C=O) groups is 1. The van der Waals surface area contributed by atoms with Gasteiger partial charge in [-0.15, -0.1) is 23.7 Å². The van der Waals surface area contributed by atoms with Crippen molar-refractivity contribution in [1.29, 1.82) is 0 Å². The van der Waals surface area contributed by atoms with E-state index in [4.69, 9.17) is 5.73 Å². The van der Waals surface area contributed by atoms with Crippen molar-refractivity contribution >= 4 is 39.5 Å². The molecule has 2 aromatic rings. The fourth-order valence-corrected chi connectivity index (χ4v) is 6.14. The predicted molar refractivity (Wildman–Crippen MR) is 131 cm³/mol. The minimum Gasteiger partial charge on any atom is -0.338 e. The molecule has 1 atom stereocenters. The van der Waals surface area contributed by atoms with Crippen LogP contribution in [-0.4, -0.2) is 56.6 Å². The Balaban J connectivity index is 0.00000289. The molecule has 0 radical (unpaired) electrons. The molecule has 0 saturated carbocycles. The number of benzene rings is 1. The molecule has 176 valence electrons. The SMILES string of the molecule is CS(=O)(=O)c1ccc(CN2CCC3(CCN(CCC(N)c4cccs4)CC3)C2=O)cc1.Cl. The Morgan fingerprint density at radius 1 is 1.09 bits per heavy atom. The fraction of sp³-hybridized carbons (Fsp3) is 0.522. The summed E-state index contributed by atoms with van der Waals surface area (Å²) in [6, 6.07) is 11.1. The van der Waals surface area contributed by atoms with Gasteiger partial charge in [-0.25, -0.2) is 8.42 Å². The number of nitrogens with two attached hydrogens (primary N) is 1. The molecule has 1 amide bonds. The van der Waals surface area contributed by atoms with Crippen LogP contribution < -0.4 is 5.73 Å². The zero-order valence-electron chi connectivity index (χ0n) is 18.4. The second-order valence-corrected chi connectivity index (χ2v) is 11.9. The van der Waals surface area contributed by atoms with E-state index in [0.717, 1.165) is 57.4 Å². The van der Waals surface area contributed by atoms with Gasteiger partial charge in [0.1, 0.15) is 0 Å². The highest BCUT2D eigenvalue weighted by Crippen LogP contribution is 2.42. The third-order valence-electron chi connectivity index (χ3n) is 6.80. The van der Waals surface area contributed by atoms with Crippen molar-refractivity contribution in [2.24, 2.45) is 11.1 Å². The maximum Gasteiger partial charge on any atom is 0.229 e. The van der Waals surface area contributed by atoms with Gasteiger partial charge in [0.15, 0.2) is 9.84 Å². The van der Waals surface area contributed by atoms with E-state index < -0.39 is 9.84 Å². The van der Waals surface area contributed by atoms with Crippen LogP contribution in [0.1, 0.15) is 42.2 Å². The average Bonchev–Trinajstić information content (AvgIpc) is 3.38. The number of sulfone groups is 1. The van der Waals surface area contributed by atoms with Crippen LogP contribution in [0.15, 0.2) is 46.7 Å². The molecule has 0 aliphatic carbocycles. The first-order valence-corrected chi connectivity index (χ1v) is 13.6. The van der Waals surface area contributed by atoms with Gasteiger partial charge in [0.05, 0.1) is 10.3 Å². The third-order valence-corrected chi connectivity index (χ3v) is 8.94. The molecule has 1 spiro atoms. The largest absolute Gasteiger partial charge is 0.338 e. The third kappa shape index (κ3) is 5.54. The summed E-state index contributed by atoms with van der Waals surface area (Å²) in [5.41, 5.74) is 7.06. The zero-order valence-corrected chi connectivity index (χ0v) is 20.9. The lowest BCUT2D eigenvalue weighted by atomic mass is 9.77. The Hall–Kier alpha value is -1.45. The van der Waals surface area contributed by atoms with Crippen molar-refractivity contribution < 1.29 is 13.2 Å². The first kappa shape index (κ1) is 25.2. The van der Waals surface area contributed by atoms with Gasteiger partial charge in [0.2, 0.25) is 5.91 Å². The van der Waals surface area contributed by atoms with Crippen LogP contribution in [0.5, 0.6) is 0 Å². The Morgan fingerprint density at radius 2 is 1.75 bits per heavy atom. The number of hydrogen-bond donors (Lipinski definition) is 1. The summed E-state index contributed by atoms with van der Waals surface area (Å²) in [5.74, 6) is 0.259. The second-order valence-electron chi connectivity index (χ2n) is 8.93. The smallest absolute Gasteiger partial charge is 0.229 e. The molecular formula is C23H32ClN3O3S2. The van der Waals surface area contributed by atoms with E-state index in [1.54, 1.807) is 23.5 Å². The standard InChI is InChI=1S/C23H31N3O3S2.ClH/c1-31(28,29)19-6-4-18(5-7-19)17-26-15-11-23(22(26)27)9-13-25(14-10-23)12-8-20(24)21-3-2-16-30-21;/h2-7,16,20H,8-15,17,24H2,1H3;1H. The van der Waals surface area contributed by atoms with Gasteiger partial charge < -0.3 is 15.5 Å². The maximum atomic E-state index is 13.2. The number of carbonyl (C=O) groups excluding carboxylic acids is 1. The summed E-state index contributed by atoms with van der Waals surface area (Å²) in [6.45, 7) is 4.18. The van der Waals surface area contributed by atoms with Gasteiger partial charge in [-0.1, -0.05) is 18.2 Å². The molecule has 2 N–H and O–H groups in total. The second kappa shape index (κ2) is 10.2. The van der Waals surface area contributed by atoms with E-state index in [9.17, 15) is 13.2 Å².